The van der Waals surface area contributed by atoms with Crippen molar-refractivity contribution in [3.05, 3.63) is 0 Å². The van der Waals surface area contributed by atoms with Crippen molar-refractivity contribution in [1.82, 2.24) is 5.32 Å². The molecule has 13 heavy (non-hydrogen) atoms. The first-order valence-corrected chi connectivity index (χ1v) is 4.89. The van der Waals surface area contributed by atoms with E-state index in [1.165, 1.54) is 0 Å². The van der Waals surface area contributed by atoms with E-state index in [1.807, 2.05) is 14.0 Å². The predicted molar refractivity (Wildman–Crippen MR) is 50.0 cm³/mol. The minimum absolute atomic E-state index is 0.340. The van der Waals surface area contributed by atoms with Crippen molar-refractivity contribution in [2.75, 3.05) is 7.05 Å². The van der Waals surface area contributed by atoms with Gasteiger partial charge in [-0.3, -0.25) is 0 Å². The standard InChI is InChI=1S/C10H19F2N/c1-7(13-4)5-6-8-9(2,3)10(8,11)12/h7-8,13H,5-6H2,1-4H3. The maximum absolute atomic E-state index is 13.1. The van der Waals surface area contributed by atoms with Crippen LogP contribution in [0.3, 0.4) is 0 Å². The molecule has 1 rings (SSSR count). The zero-order valence-electron chi connectivity index (χ0n) is 8.82. The highest BCUT2D eigenvalue weighted by atomic mass is 19.3. The van der Waals surface area contributed by atoms with Crippen LogP contribution in [-0.4, -0.2) is 19.0 Å². The van der Waals surface area contributed by atoms with Gasteiger partial charge in [0.15, 0.2) is 0 Å². The van der Waals surface area contributed by atoms with Gasteiger partial charge in [-0.15, -0.1) is 0 Å². The van der Waals surface area contributed by atoms with Crippen LogP contribution in [0.4, 0.5) is 8.78 Å². The van der Waals surface area contributed by atoms with Crippen molar-refractivity contribution in [3.8, 4) is 0 Å². The minimum Gasteiger partial charge on any atom is -0.317 e. The van der Waals surface area contributed by atoms with Crippen molar-refractivity contribution in [2.24, 2.45) is 11.3 Å². The fraction of sp³-hybridized carbons (Fsp3) is 1.00. The maximum Gasteiger partial charge on any atom is 0.257 e. The summed E-state index contributed by atoms with van der Waals surface area (Å²) in [6, 6.07) is 0.340. The van der Waals surface area contributed by atoms with Gasteiger partial charge in [0, 0.05) is 17.4 Å². The number of rotatable bonds is 4. The number of nitrogens with one attached hydrogen (secondary N) is 1. The summed E-state index contributed by atoms with van der Waals surface area (Å²) in [5.41, 5.74) is -0.763. The van der Waals surface area contributed by atoms with Crippen LogP contribution >= 0.6 is 0 Å². The third-order valence-corrected chi connectivity index (χ3v) is 3.47. The van der Waals surface area contributed by atoms with Crippen molar-refractivity contribution in [2.45, 2.75) is 45.6 Å². The molecule has 0 amide bonds. The lowest BCUT2D eigenvalue weighted by Crippen LogP contribution is -2.21. The molecule has 0 radical (unpaired) electrons. The fourth-order valence-corrected chi connectivity index (χ4v) is 1.86. The van der Waals surface area contributed by atoms with Crippen LogP contribution < -0.4 is 5.32 Å². The van der Waals surface area contributed by atoms with E-state index in [0.29, 0.717) is 12.5 Å². The molecule has 0 aromatic heterocycles. The Hall–Kier alpha value is -0.180. The summed E-state index contributed by atoms with van der Waals surface area (Å²) in [4.78, 5) is 0. The molecule has 2 unspecified atom stereocenters. The molecule has 1 aliphatic rings. The third kappa shape index (κ3) is 1.71. The average molecular weight is 191 g/mol. The topological polar surface area (TPSA) is 12.0 Å². The van der Waals surface area contributed by atoms with Crippen LogP contribution in [0, 0.1) is 11.3 Å². The fourth-order valence-electron chi connectivity index (χ4n) is 1.86. The summed E-state index contributed by atoms with van der Waals surface area (Å²) in [5.74, 6) is -2.84. The molecule has 1 saturated carbocycles. The highest BCUT2D eigenvalue weighted by molar-refractivity contribution is 5.12. The molecule has 78 valence electrons. The van der Waals surface area contributed by atoms with Gasteiger partial charge in [-0.2, -0.15) is 0 Å². The zero-order chi connectivity index (χ0) is 10.3. The lowest BCUT2D eigenvalue weighted by atomic mass is 10.0. The SMILES string of the molecule is CNC(C)CCC1C(C)(C)C1(F)F. The van der Waals surface area contributed by atoms with E-state index in [9.17, 15) is 8.78 Å². The molecule has 2 atom stereocenters. The van der Waals surface area contributed by atoms with Crippen molar-refractivity contribution < 1.29 is 8.78 Å². The van der Waals surface area contributed by atoms with Crippen molar-refractivity contribution in [3.63, 3.8) is 0 Å². The Bertz CT molecular complexity index is 175. The number of alkyl halides is 2. The molecule has 0 aromatic rings. The van der Waals surface area contributed by atoms with Gasteiger partial charge in [0.1, 0.15) is 0 Å². The van der Waals surface area contributed by atoms with Crippen LogP contribution in [0.5, 0.6) is 0 Å². The Balaban J connectivity index is 2.34. The van der Waals surface area contributed by atoms with Gasteiger partial charge in [0.05, 0.1) is 0 Å². The van der Waals surface area contributed by atoms with E-state index in [1.54, 1.807) is 13.8 Å². The summed E-state index contributed by atoms with van der Waals surface area (Å²) in [6.45, 7) is 5.33. The summed E-state index contributed by atoms with van der Waals surface area (Å²) >= 11 is 0. The maximum atomic E-state index is 13.1. The van der Waals surface area contributed by atoms with Gasteiger partial charge in [0.2, 0.25) is 0 Å². The molecular formula is C10H19F2N. The molecule has 0 saturated heterocycles. The molecule has 1 aliphatic carbocycles. The molecule has 0 bridgehead atoms. The monoisotopic (exact) mass is 191 g/mol. The van der Waals surface area contributed by atoms with Gasteiger partial charge in [-0.25, -0.2) is 8.78 Å². The van der Waals surface area contributed by atoms with Crippen molar-refractivity contribution in [1.29, 1.82) is 0 Å². The minimum atomic E-state index is -2.43. The molecule has 1 nitrogen and oxygen atoms in total. The highest BCUT2D eigenvalue weighted by Gasteiger charge is 2.73. The van der Waals surface area contributed by atoms with E-state index < -0.39 is 17.3 Å². The van der Waals surface area contributed by atoms with Crippen LogP contribution in [0.2, 0.25) is 0 Å². The van der Waals surface area contributed by atoms with Crippen molar-refractivity contribution >= 4 is 0 Å². The van der Waals surface area contributed by atoms with Gasteiger partial charge < -0.3 is 5.32 Å². The van der Waals surface area contributed by atoms with E-state index in [2.05, 4.69) is 5.32 Å². The van der Waals surface area contributed by atoms with E-state index in [-0.39, 0.29) is 0 Å². The zero-order valence-corrected chi connectivity index (χ0v) is 8.82. The van der Waals surface area contributed by atoms with E-state index in [4.69, 9.17) is 0 Å². The lowest BCUT2D eigenvalue weighted by Gasteiger charge is -2.08. The molecule has 1 N–H and O–H groups in total. The summed E-state index contributed by atoms with van der Waals surface area (Å²) in [7, 11) is 1.86. The molecule has 1 fully saturated rings. The van der Waals surface area contributed by atoms with E-state index in [0.717, 1.165) is 6.42 Å². The summed E-state index contributed by atoms with van der Waals surface area (Å²) < 4.78 is 26.2. The number of halogens is 2. The molecule has 0 spiro atoms. The van der Waals surface area contributed by atoms with Crippen LogP contribution in [0.1, 0.15) is 33.6 Å². The largest absolute Gasteiger partial charge is 0.317 e. The average Bonchev–Trinajstić information content (AvgIpc) is 2.40. The second-order valence-corrected chi connectivity index (χ2v) is 4.66. The summed E-state index contributed by atoms with van der Waals surface area (Å²) in [5, 5.41) is 3.06. The normalized spacial score (nSPS) is 31.4. The first kappa shape index (κ1) is 10.9. The molecule has 0 aliphatic heterocycles. The predicted octanol–water partition coefficient (Wildman–Crippen LogP) is 2.67. The molecule has 3 heteroatoms. The Morgan fingerprint density at radius 2 is 1.85 bits per heavy atom. The Labute approximate surface area is 78.9 Å². The molecule has 0 heterocycles. The second-order valence-electron chi connectivity index (χ2n) is 4.66. The Kier molecular flexibility index (Phi) is 2.68. The third-order valence-electron chi connectivity index (χ3n) is 3.47. The first-order valence-electron chi connectivity index (χ1n) is 4.89. The van der Waals surface area contributed by atoms with Gasteiger partial charge in [-0.1, -0.05) is 13.8 Å². The smallest absolute Gasteiger partial charge is 0.257 e. The van der Waals surface area contributed by atoms with Gasteiger partial charge in [-0.05, 0) is 26.8 Å². The molecular weight excluding hydrogens is 172 g/mol. The van der Waals surface area contributed by atoms with Crippen LogP contribution in [0.25, 0.3) is 0 Å². The first-order chi connectivity index (χ1) is 5.84. The van der Waals surface area contributed by atoms with Crippen LogP contribution in [-0.2, 0) is 0 Å². The lowest BCUT2D eigenvalue weighted by molar-refractivity contribution is 0.0654. The number of hydrogen-bond acceptors (Lipinski definition) is 1. The van der Waals surface area contributed by atoms with Gasteiger partial charge >= 0.3 is 0 Å². The quantitative estimate of drug-likeness (QED) is 0.720. The molecule has 0 aromatic carbocycles. The Morgan fingerprint density at radius 1 is 1.38 bits per heavy atom. The van der Waals surface area contributed by atoms with Gasteiger partial charge in [0.25, 0.3) is 5.92 Å². The Morgan fingerprint density at radius 3 is 2.15 bits per heavy atom. The number of hydrogen-bond donors (Lipinski definition) is 1. The highest BCUT2D eigenvalue weighted by Crippen LogP contribution is 2.67. The van der Waals surface area contributed by atoms with Crippen LogP contribution in [0.15, 0.2) is 0 Å². The second kappa shape index (κ2) is 3.19. The van der Waals surface area contributed by atoms with E-state index >= 15 is 0 Å². The summed E-state index contributed by atoms with van der Waals surface area (Å²) in [6.07, 6.45) is 1.46.